The van der Waals surface area contributed by atoms with Crippen LogP contribution in [0.4, 0.5) is 0 Å². The van der Waals surface area contributed by atoms with Gasteiger partial charge in [-0.25, -0.2) is 0 Å². The summed E-state index contributed by atoms with van der Waals surface area (Å²) in [6, 6.07) is 0. The fourth-order valence-corrected chi connectivity index (χ4v) is 2.90. The van der Waals surface area contributed by atoms with Crippen LogP contribution in [0.15, 0.2) is 59.0 Å². The van der Waals surface area contributed by atoms with Crippen molar-refractivity contribution in [2.45, 2.75) is 32.1 Å². The number of hydrogen-bond acceptors (Lipinski definition) is 1. The second-order valence-corrected chi connectivity index (χ2v) is 4.91. The van der Waals surface area contributed by atoms with Crippen molar-refractivity contribution in [2.24, 2.45) is 0 Å². The molecule has 0 aromatic carbocycles. The average Bonchev–Trinajstić information content (AvgIpc) is 2.83. The van der Waals surface area contributed by atoms with Crippen LogP contribution in [-0.2, 0) is 0 Å². The van der Waals surface area contributed by atoms with E-state index in [0.717, 1.165) is 6.42 Å². The lowest BCUT2D eigenvalue weighted by molar-refractivity contribution is 0.479. The highest BCUT2D eigenvalue weighted by atomic mass is 15.1. The second-order valence-electron chi connectivity index (χ2n) is 4.91. The first-order valence-corrected chi connectivity index (χ1v) is 6.55. The minimum Gasteiger partial charge on any atom is -0.351 e. The van der Waals surface area contributed by atoms with E-state index in [9.17, 15) is 0 Å². The Balaban J connectivity index is 1.88. The van der Waals surface area contributed by atoms with Crippen molar-refractivity contribution >= 4 is 0 Å². The molecule has 0 fully saturated rings. The van der Waals surface area contributed by atoms with Gasteiger partial charge < -0.3 is 4.90 Å². The van der Waals surface area contributed by atoms with Gasteiger partial charge in [0.1, 0.15) is 0 Å². The zero-order valence-corrected chi connectivity index (χ0v) is 10.4. The summed E-state index contributed by atoms with van der Waals surface area (Å²) in [6.45, 7) is 0. The number of allylic oxidation sites excluding steroid dienone is 9. The number of fused-ring (bicyclic) bond motifs is 1. The van der Waals surface area contributed by atoms with E-state index in [1.54, 1.807) is 5.57 Å². The van der Waals surface area contributed by atoms with Gasteiger partial charge in [0.15, 0.2) is 0 Å². The molecule has 88 valence electrons. The van der Waals surface area contributed by atoms with Crippen LogP contribution in [0.2, 0.25) is 0 Å². The molecular weight excluding hydrogens is 206 g/mol. The van der Waals surface area contributed by atoms with Crippen molar-refractivity contribution in [1.82, 2.24) is 4.90 Å². The van der Waals surface area contributed by atoms with Gasteiger partial charge >= 0.3 is 0 Å². The molecule has 0 heterocycles. The van der Waals surface area contributed by atoms with E-state index >= 15 is 0 Å². The van der Waals surface area contributed by atoms with E-state index in [4.69, 9.17) is 0 Å². The highest BCUT2D eigenvalue weighted by Gasteiger charge is 2.21. The Morgan fingerprint density at radius 2 is 2.00 bits per heavy atom. The lowest BCUT2D eigenvalue weighted by atomic mass is 9.97. The second kappa shape index (κ2) is 4.40. The lowest BCUT2D eigenvalue weighted by Gasteiger charge is -2.27. The maximum Gasteiger partial charge on any atom is 0.0249 e. The van der Waals surface area contributed by atoms with E-state index in [0.29, 0.717) is 0 Å². The molecule has 0 atom stereocenters. The third-order valence-electron chi connectivity index (χ3n) is 3.90. The van der Waals surface area contributed by atoms with Gasteiger partial charge in [-0.15, -0.1) is 0 Å². The molecule has 0 radical (unpaired) electrons. The van der Waals surface area contributed by atoms with E-state index in [2.05, 4.69) is 48.4 Å². The fraction of sp³-hybridized carbons (Fsp3) is 0.375. The summed E-state index contributed by atoms with van der Waals surface area (Å²) in [6.07, 6.45) is 19.5. The molecule has 0 N–H and O–H groups in total. The molecule has 0 unspecified atom stereocenters. The molecule has 0 saturated carbocycles. The summed E-state index contributed by atoms with van der Waals surface area (Å²) in [5, 5.41) is 0. The quantitative estimate of drug-likeness (QED) is 0.684. The van der Waals surface area contributed by atoms with Crippen molar-refractivity contribution in [3.05, 3.63) is 59.0 Å². The summed E-state index contributed by atoms with van der Waals surface area (Å²) >= 11 is 0. The highest BCUT2D eigenvalue weighted by Crippen LogP contribution is 2.36. The van der Waals surface area contributed by atoms with Crippen molar-refractivity contribution in [3.63, 3.8) is 0 Å². The van der Waals surface area contributed by atoms with E-state index in [1.807, 2.05) is 0 Å². The normalized spacial score (nSPS) is 22.4. The van der Waals surface area contributed by atoms with Crippen LogP contribution in [0, 0.1) is 0 Å². The molecule has 0 bridgehead atoms. The molecule has 1 heteroatoms. The minimum absolute atomic E-state index is 1.10. The van der Waals surface area contributed by atoms with Crippen LogP contribution in [0.5, 0.6) is 0 Å². The van der Waals surface area contributed by atoms with E-state index in [-0.39, 0.29) is 0 Å². The monoisotopic (exact) mass is 225 g/mol. The zero-order chi connectivity index (χ0) is 11.7. The minimum atomic E-state index is 1.10. The maximum atomic E-state index is 2.42. The van der Waals surface area contributed by atoms with Crippen LogP contribution in [-0.4, -0.2) is 11.9 Å². The van der Waals surface area contributed by atoms with Gasteiger partial charge in [0.05, 0.1) is 0 Å². The molecule has 0 aromatic heterocycles. The van der Waals surface area contributed by atoms with Gasteiger partial charge in [-0.2, -0.15) is 0 Å². The van der Waals surface area contributed by atoms with Crippen molar-refractivity contribution in [1.29, 1.82) is 0 Å². The molecular formula is C16H19N. The smallest absolute Gasteiger partial charge is 0.0249 e. The van der Waals surface area contributed by atoms with Crippen LogP contribution >= 0.6 is 0 Å². The molecule has 0 aliphatic heterocycles. The Morgan fingerprint density at radius 1 is 1.12 bits per heavy atom. The summed E-state index contributed by atoms with van der Waals surface area (Å²) in [4.78, 5) is 2.42. The fourth-order valence-electron chi connectivity index (χ4n) is 2.90. The molecule has 0 amide bonds. The van der Waals surface area contributed by atoms with E-state index in [1.165, 1.54) is 42.7 Å². The van der Waals surface area contributed by atoms with Gasteiger partial charge in [0.25, 0.3) is 0 Å². The molecule has 0 spiro atoms. The van der Waals surface area contributed by atoms with E-state index < -0.39 is 0 Å². The Bertz CT molecular complexity index is 472. The van der Waals surface area contributed by atoms with Gasteiger partial charge in [-0.05, 0) is 42.9 Å². The average molecular weight is 225 g/mol. The Hall–Kier alpha value is -1.50. The molecule has 0 saturated heterocycles. The number of rotatable bonds is 2. The van der Waals surface area contributed by atoms with Gasteiger partial charge in [-0.1, -0.05) is 30.4 Å². The SMILES string of the molecule is CN(C1=CC=CCC1)C1=C2CCC=CC2=CC1. The Labute approximate surface area is 104 Å². The van der Waals surface area contributed by atoms with Crippen LogP contribution < -0.4 is 0 Å². The van der Waals surface area contributed by atoms with Crippen molar-refractivity contribution < 1.29 is 0 Å². The number of hydrogen-bond donors (Lipinski definition) is 0. The van der Waals surface area contributed by atoms with Gasteiger partial charge in [0, 0.05) is 24.9 Å². The first-order chi connectivity index (χ1) is 8.36. The largest absolute Gasteiger partial charge is 0.351 e. The van der Waals surface area contributed by atoms with Crippen LogP contribution in [0.3, 0.4) is 0 Å². The zero-order valence-electron chi connectivity index (χ0n) is 10.4. The third-order valence-corrected chi connectivity index (χ3v) is 3.90. The topological polar surface area (TPSA) is 3.24 Å². The van der Waals surface area contributed by atoms with Gasteiger partial charge in [-0.3, -0.25) is 0 Å². The predicted octanol–water partition coefficient (Wildman–Crippen LogP) is 4.09. The van der Waals surface area contributed by atoms with Crippen LogP contribution in [0.1, 0.15) is 32.1 Å². The maximum absolute atomic E-state index is 2.42. The van der Waals surface area contributed by atoms with Crippen molar-refractivity contribution in [2.75, 3.05) is 7.05 Å². The molecule has 1 nitrogen and oxygen atoms in total. The molecule has 3 rings (SSSR count). The summed E-state index contributed by atoms with van der Waals surface area (Å²) in [5.41, 5.74) is 6.01. The molecule has 3 aliphatic carbocycles. The Kier molecular flexibility index (Phi) is 2.76. The van der Waals surface area contributed by atoms with Crippen molar-refractivity contribution in [3.8, 4) is 0 Å². The molecule has 3 aliphatic rings. The summed E-state index contributed by atoms with van der Waals surface area (Å²) in [7, 11) is 2.22. The third kappa shape index (κ3) is 1.90. The highest BCUT2D eigenvalue weighted by molar-refractivity contribution is 5.51. The first kappa shape index (κ1) is 10.6. The van der Waals surface area contributed by atoms with Crippen LogP contribution in [0.25, 0.3) is 0 Å². The first-order valence-electron chi connectivity index (χ1n) is 6.55. The lowest BCUT2D eigenvalue weighted by Crippen LogP contribution is -2.18. The summed E-state index contributed by atoms with van der Waals surface area (Å²) < 4.78 is 0. The summed E-state index contributed by atoms with van der Waals surface area (Å²) in [5.74, 6) is 0. The molecule has 17 heavy (non-hydrogen) atoms. The number of nitrogens with zero attached hydrogens (tertiary/aromatic N) is 1. The standard InChI is InChI=1S/C16H19N/c1-17(14-8-3-2-4-9-14)16-12-11-13-7-5-6-10-15(13)16/h2-3,5,7-8,11H,4,6,9-10,12H2,1H3. The molecule has 0 aromatic rings. The Morgan fingerprint density at radius 3 is 2.82 bits per heavy atom. The van der Waals surface area contributed by atoms with Gasteiger partial charge in [0.2, 0.25) is 0 Å². The predicted molar refractivity (Wildman–Crippen MR) is 72.3 cm³/mol.